The lowest BCUT2D eigenvalue weighted by Gasteiger charge is -2.35. The molecule has 0 saturated carbocycles. The van der Waals surface area contributed by atoms with Crippen LogP contribution in [0.5, 0.6) is 0 Å². The van der Waals surface area contributed by atoms with Crippen molar-refractivity contribution < 1.29 is 14.4 Å². The van der Waals surface area contributed by atoms with Crippen molar-refractivity contribution in [3.05, 3.63) is 84.1 Å². The van der Waals surface area contributed by atoms with Gasteiger partial charge in [0.25, 0.3) is 5.91 Å². The van der Waals surface area contributed by atoms with Gasteiger partial charge in [-0.1, -0.05) is 54.6 Å². The standard InChI is InChI=1S/C31H42N6O3/c1-31(2,32)18-12-17-28(38)34-26(20-23-21-33-25-16-11-10-15-24(23)25)29(39)36(5)27(30(40)37(6)35(3)4)19-22-13-8-7-9-14-22/h7-17,21,26-27,33H,18-20,32H2,1-6H3,(H,34,38)/b17-12+. The number of benzene rings is 2. The largest absolute Gasteiger partial charge is 0.361 e. The van der Waals surface area contributed by atoms with E-state index in [-0.39, 0.29) is 18.2 Å². The number of H-pyrrole nitrogens is 1. The van der Waals surface area contributed by atoms with Gasteiger partial charge in [0.05, 0.1) is 0 Å². The maximum atomic E-state index is 14.1. The van der Waals surface area contributed by atoms with Crippen LogP contribution in [0.3, 0.4) is 0 Å². The summed E-state index contributed by atoms with van der Waals surface area (Å²) in [6.45, 7) is 3.75. The molecule has 2 unspecified atom stereocenters. The fraction of sp³-hybridized carbons (Fsp3) is 0.387. The highest BCUT2D eigenvalue weighted by Crippen LogP contribution is 2.21. The first-order valence-electron chi connectivity index (χ1n) is 13.4. The van der Waals surface area contributed by atoms with E-state index in [9.17, 15) is 14.4 Å². The average molecular weight is 547 g/mol. The highest BCUT2D eigenvalue weighted by Gasteiger charge is 2.34. The molecule has 0 bridgehead atoms. The lowest BCUT2D eigenvalue weighted by atomic mass is 10.00. The summed E-state index contributed by atoms with van der Waals surface area (Å²) >= 11 is 0. The molecule has 3 amide bonds. The van der Waals surface area contributed by atoms with E-state index in [0.29, 0.717) is 12.8 Å². The number of nitrogens with one attached hydrogen (secondary N) is 2. The van der Waals surface area contributed by atoms with Gasteiger partial charge in [0.15, 0.2) is 0 Å². The Balaban J connectivity index is 1.93. The Labute approximate surface area is 237 Å². The van der Waals surface area contributed by atoms with Crippen LogP contribution in [0.25, 0.3) is 10.9 Å². The van der Waals surface area contributed by atoms with Gasteiger partial charge < -0.3 is 20.9 Å². The first-order chi connectivity index (χ1) is 18.9. The van der Waals surface area contributed by atoms with Gasteiger partial charge >= 0.3 is 0 Å². The Morgan fingerprint density at radius 3 is 2.25 bits per heavy atom. The number of aromatic amines is 1. The monoisotopic (exact) mass is 546 g/mol. The van der Waals surface area contributed by atoms with Crippen LogP contribution in [-0.2, 0) is 27.2 Å². The Morgan fingerprint density at radius 1 is 0.950 bits per heavy atom. The number of aromatic nitrogens is 1. The van der Waals surface area contributed by atoms with Gasteiger partial charge in [-0.25, -0.2) is 5.01 Å². The summed E-state index contributed by atoms with van der Waals surface area (Å²) in [5, 5.41) is 7.03. The summed E-state index contributed by atoms with van der Waals surface area (Å²) in [6, 6.07) is 15.7. The van der Waals surface area contributed by atoms with Crippen LogP contribution >= 0.6 is 0 Å². The van der Waals surface area contributed by atoms with E-state index < -0.39 is 23.5 Å². The molecule has 214 valence electrons. The molecule has 0 aliphatic rings. The van der Waals surface area contributed by atoms with Crippen molar-refractivity contribution in [2.75, 3.05) is 28.2 Å². The summed E-state index contributed by atoms with van der Waals surface area (Å²) < 4.78 is 0. The molecule has 2 aromatic carbocycles. The van der Waals surface area contributed by atoms with E-state index in [1.165, 1.54) is 16.0 Å². The number of hydrogen-bond donors (Lipinski definition) is 3. The molecule has 9 heteroatoms. The Morgan fingerprint density at radius 2 is 1.60 bits per heavy atom. The minimum absolute atomic E-state index is 0.230. The van der Waals surface area contributed by atoms with Gasteiger partial charge in [0, 0.05) is 63.7 Å². The number of hydrogen-bond acceptors (Lipinski definition) is 5. The van der Waals surface area contributed by atoms with Gasteiger partial charge in [0.2, 0.25) is 11.8 Å². The average Bonchev–Trinajstić information content (AvgIpc) is 3.32. The summed E-state index contributed by atoms with van der Waals surface area (Å²) in [5.41, 5.74) is 8.34. The van der Waals surface area contributed by atoms with Crippen molar-refractivity contribution in [1.29, 1.82) is 0 Å². The SMILES string of the molecule is CN(C(=O)C(Cc1c[nH]c2ccccc12)NC(=O)/C=C/CC(C)(C)N)C(Cc1ccccc1)C(=O)N(C)N(C)C. The summed E-state index contributed by atoms with van der Waals surface area (Å²) in [6.07, 6.45) is 6.07. The number of rotatable bonds is 12. The fourth-order valence-corrected chi connectivity index (χ4v) is 4.45. The van der Waals surface area contributed by atoms with Crippen LogP contribution in [0, 0.1) is 0 Å². The van der Waals surface area contributed by atoms with E-state index in [4.69, 9.17) is 5.73 Å². The quantitative estimate of drug-likeness (QED) is 0.239. The van der Waals surface area contributed by atoms with E-state index in [1.807, 2.05) is 74.6 Å². The number of hydrazine groups is 1. The molecular formula is C31H42N6O3. The summed E-state index contributed by atoms with van der Waals surface area (Å²) in [5.74, 6) is -0.980. The number of carbonyl (C=O) groups excluding carboxylic acids is 3. The zero-order chi connectivity index (χ0) is 29.4. The minimum Gasteiger partial charge on any atom is -0.361 e. The number of likely N-dealkylation sites (N-methyl/N-ethyl adjacent to an activating group) is 2. The minimum atomic E-state index is -0.900. The van der Waals surface area contributed by atoms with Crippen molar-refractivity contribution in [3.63, 3.8) is 0 Å². The molecule has 0 aliphatic carbocycles. The second-order valence-corrected chi connectivity index (χ2v) is 11.1. The van der Waals surface area contributed by atoms with E-state index in [0.717, 1.165) is 22.0 Å². The molecule has 0 fully saturated rings. The Hall–Kier alpha value is -3.95. The highest BCUT2D eigenvalue weighted by atomic mass is 16.2. The molecular weight excluding hydrogens is 504 g/mol. The Kier molecular flexibility index (Phi) is 10.3. The maximum Gasteiger partial charge on any atom is 0.259 e. The molecule has 3 aromatic rings. The number of nitrogens with two attached hydrogens (primary N) is 1. The summed E-state index contributed by atoms with van der Waals surface area (Å²) in [7, 11) is 6.84. The van der Waals surface area contributed by atoms with Crippen molar-refractivity contribution in [2.45, 2.75) is 50.7 Å². The number of carbonyl (C=O) groups is 3. The number of fused-ring (bicyclic) bond motifs is 1. The normalized spacial score (nSPS) is 13.4. The molecule has 1 heterocycles. The molecule has 2 atom stereocenters. The predicted octanol–water partition coefficient (Wildman–Crippen LogP) is 2.88. The second kappa shape index (κ2) is 13.4. The molecule has 1 aromatic heterocycles. The summed E-state index contributed by atoms with van der Waals surface area (Å²) in [4.78, 5) is 45.3. The second-order valence-electron chi connectivity index (χ2n) is 11.1. The molecule has 0 spiro atoms. The van der Waals surface area contributed by atoms with Crippen LogP contribution < -0.4 is 11.1 Å². The van der Waals surface area contributed by atoms with Crippen LogP contribution in [0.2, 0.25) is 0 Å². The van der Waals surface area contributed by atoms with Crippen molar-refractivity contribution in [2.24, 2.45) is 5.73 Å². The first-order valence-corrected chi connectivity index (χ1v) is 13.4. The zero-order valence-electron chi connectivity index (χ0n) is 24.3. The number of nitrogens with zero attached hydrogens (tertiary/aromatic N) is 3. The molecule has 0 aliphatic heterocycles. The van der Waals surface area contributed by atoms with Crippen LogP contribution in [0.15, 0.2) is 72.9 Å². The predicted molar refractivity (Wildman–Crippen MR) is 159 cm³/mol. The van der Waals surface area contributed by atoms with Gasteiger partial charge in [-0.2, -0.15) is 0 Å². The molecule has 4 N–H and O–H groups in total. The van der Waals surface area contributed by atoms with E-state index in [2.05, 4.69) is 10.3 Å². The Bertz CT molecular complexity index is 1330. The van der Waals surface area contributed by atoms with E-state index in [1.54, 1.807) is 39.3 Å². The third-order valence-corrected chi connectivity index (χ3v) is 6.92. The molecule has 40 heavy (non-hydrogen) atoms. The van der Waals surface area contributed by atoms with Gasteiger partial charge in [-0.05, 0) is 43.5 Å². The van der Waals surface area contributed by atoms with E-state index >= 15 is 0 Å². The highest BCUT2D eigenvalue weighted by molar-refractivity contribution is 5.95. The zero-order valence-corrected chi connectivity index (χ0v) is 24.3. The van der Waals surface area contributed by atoms with Crippen LogP contribution in [-0.4, -0.2) is 83.4 Å². The third kappa shape index (κ3) is 8.27. The maximum absolute atomic E-state index is 14.1. The third-order valence-electron chi connectivity index (χ3n) is 6.92. The molecule has 0 saturated heterocycles. The number of para-hydroxylation sites is 1. The van der Waals surface area contributed by atoms with Gasteiger partial charge in [0.1, 0.15) is 12.1 Å². The van der Waals surface area contributed by atoms with Crippen molar-refractivity contribution in [3.8, 4) is 0 Å². The lowest BCUT2D eigenvalue weighted by molar-refractivity contribution is -0.153. The van der Waals surface area contributed by atoms with Crippen LogP contribution in [0.1, 0.15) is 31.4 Å². The topological polar surface area (TPSA) is 115 Å². The smallest absolute Gasteiger partial charge is 0.259 e. The lowest BCUT2D eigenvalue weighted by Crippen LogP contribution is -2.57. The number of amides is 3. The molecule has 0 radical (unpaired) electrons. The van der Waals surface area contributed by atoms with Crippen LogP contribution in [0.4, 0.5) is 0 Å². The van der Waals surface area contributed by atoms with Gasteiger partial charge in [-0.15, -0.1) is 0 Å². The molecule has 3 rings (SSSR count). The first kappa shape index (κ1) is 30.6. The van der Waals surface area contributed by atoms with Gasteiger partial charge in [-0.3, -0.25) is 19.4 Å². The van der Waals surface area contributed by atoms with Crippen molar-refractivity contribution >= 4 is 28.6 Å². The fourth-order valence-electron chi connectivity index (χ4n) is 4.45. The van der Waals surface area contributed by atoms with Crippen molar-refractivity contribution in [1.82, 2.24) is 25.2 Å². The molecule has 9 nitrogen and oxygen atoms in total.